The zero-order valence-corrected chi connectivity index (χ0v) is 22.7. The van der Waals surface area contributed by atoms with Gasteiger partial charge < -0.3 is 11.1 Å². The van der Waals surface area contributed by atoms with Crippen molar-refractivity contribution >= 4 is 22.9 Å². The van der Waals surface area contributed by atoms with Gasteiger partial charge in [0, 0.05) is 35.1 Å². The van der Waals surface area contributed by atoms with E-state index < -0.39 is 0 Å². The molecule has 4 N–H and O–H groups in total. The summed E-state index contributed by atoms with van der Waals surface area (Å²) >= 11 is 0. The van der Waals surface area contributed by atoms with Crippen LogP contribution in [0.15, 0.2) is 109 Å². The van der Waals surface area contributed by atoms with Crippen LogP contribution in [0.5, 0.6) is 0 Å². The number of hydrogen-bond donors (Lipinski definition) is 3. The highest BCUT2D eigenvalue weighted by Gasteiger charge is 2.19. The molecule has 4 aromatic heterocycles. The van der Waals surface area contributed by atoms with Gasteiger partial charge in [-0.15, -0.1) is 10.2 Å². The molecule has 0 aliphatic rings. The summed E-state index contributed by atoms with van der Waals surface area (Å²) in [6.45, 7) is 0.356. The lowest BCUT2D eigenvalue weighted by atomic mass is 10.1. The first kappa shape index (κ1) is 25.7. The molecule has 3 aromatic carbocycles. The molecule has 7 rings (SSSR count). The molecule has 0 aliphatic carbocycles. The number of pyridine rings is 2. The van der Waals surface area contributed by atoms with Crippen LogP contribution in [0.4, 0.5) is 5.82 Å². The standard InChI is InChI=1S/C32H24N10O/c33-28-25(7-4-18-34-28)30-37-27-17-16-26(21-5-2-1-3-6-21)36-31(27)42(30)24-14-8-20(9-15-24)19-35-32(43)23-12-10-22(11-13-23)29-38-40-41-39-29/h1-18H,19H2,(H2,33,34)(H,35,43)(H,38,39,40,41). The summed E-state index contributed by atoms with van der Waals surface area (Å²) in [5, 5.41) is 16.9. The number of amides is 1. The zero-order valence-electron chi connectivity index (χ0n) is 22.7. The predicted octanol–water partition coefficient (Wildman–Crippen LogP) is 4.84. The number of benzene rings is 3. The Morgan fingerprint density at radius 3 is 2.40 bits per heavy atom. The molecule has 11 heteroatoms. The second-order valence-electron chi connectivity index (χ2n) is 9.77. The molecule has 11 nitrogen and oxygen atoms in total. The Kier molecular flexibility index (Phi) is 6.56. The average molecular weight is 565 g/mol. The van der Waals surface area contributed by atoms with E-state index in [0.29, 0.717) is 40.8 Å². The first-order chi connectivity index (χ1) is 21.1. The number of carbonyl (C=O) groups is 1. The maximum Gasteiger partial charge on any atom is 0.251 e. The molecule has 0 bridgehead atoms. The molecule has 0 unspecified atom stereocenters. The highest BCUT2D eigenvalue weighted by atomic mass is 16.1. The lowest BCUT2D eigenvalue weighted by molar-refractivity contribution is 0.0951. The van der Waals surface area contributed by atoms with E-state index in [0.717, 1.165) is 33.6 Å². The molecule has 0 saturated heterocycles. The van der Waals surface area contributed by atoms with Crippen molar-refractivity contribution < 1.29 is 4.79 Å². The number of hydrogen-bond acceptors (Lipinski definition) is 8. The molecule has 0 saturated carbocycles. The number of tetrazole rings is 1. The molecule has 0 spiro atoms. The second-order valence-corrected chi connectivity index (χ2v) is 9.77. The van der Waals surface area contributed by atoms with Crippen molar-refractivity contribution in [3.8, 4) is 39.7 Å². The van der Waals surface area contributed by atoms with Crippen molar-refractivity contribution in [2.24, 2.45) is 0 Å². The fourth-order valence-electron chi connectivity index (χ4n) is 4.86. The third-order valence-electron chi connectivity index (χ3n) is 7.05. The van der Waals surface area contributed by atoms with E-state index in [1.807, 2.05) is 83.4 Å². The zero-order chi connectivity index (χ0) is 29.2. The Morgan fingerprint density at radius 2 is 1.65 bits per heavy atom. The van der Waals surface area contributed by atoms with E-state index in [-0.39, 0.29) is 5.91 Å². The van der Waals surface area contributed by atoms with Crippen LogP contribution in [0.3, 0.4) is 0 Å². The average Bonchev–Trinajstić information content (AvgIpc) is 3.73. The van der Waals surface area contributed by atoms with Crippen molar-refractivity contribution in [1.82, 2.24) is 45.5 Å². The second kappa shape index (κ2) is 11.0. The number of fused-ring (bicyclic) bond motifs is 1. The maximum atomic E-state index is 12.8. The number of nitrogens with two attached hydrogens (primary N) is 1. The molecule has 7 aromatic rings. The van der Waals surface area contributed by atoms with Gasteiger partial charge in [-0.05, 0) is 59.3 Å². The molecule has 0 aliphatic heterocycles. The van der Waals surface area contributed by atoms with Gasteiger partial charge in [0.1, 0.15) is 11.3 Å². The van der Waals surface area contributed by atoms with Gasteiger partial charge in [-0.1, -0.05) is 54.6 Å². The van der Waals surface area contributed by atoms with Gasteiger partial charge in [-0.25, -0.2) is 15.0 Å². The molecule has 0 radical (unpaired) electrons. The minimum absolute atomic E-state index is 0.184. The first-order valence-electron chi connectivity index (χ1n) is 13.5. The summed E-state index contributed by atoms with van der Waals surface area (Å²) < 4.78 is 1.99. The van der Waals surface area contributed by atoms with Crippen LogP contribution in [-0.4, -0.2) is 46.1 Å². The quantitative estimate of drug-likeness (QED) is 0.249. The van der Waals surface area contributed by atoms with E-state index in [4.69, 9.17) is 15.7 Å². The van der Waals surface area contributed by atoms with Gasteiger partial charge in [0.2, 0.25) is 5.82 Å². The monoisotopic (exact) mass is 564 g/mol. The number of rotatable bonds is 7. The number of imidazole rings is 1. The molecular formula is C32H24N10O. The van der Waals surface area contributed by atoms with Crippen molar-refractivity contribution in [2.75, 3.05) is 5.73 Å². The SMILES string of the molecule is Nc1ncccc1-c1nc2ccc(-c3ccccc3)nc2n1-c1ccc(CNC(=O)c2ccc(-c3nn[nH]n3)cc2)cc1. The number of anilines is 1. The lowest BCUT2D eigenvalue weighted by Gasteiger charge is -2.12. The number of nitrogens with zero attached hydrogens (tertiary/aromatic N) is 7. The Labute approximate surface area is 245 Å². The number of aromatic amines is 1. The smallest absolute Gasteiger partial charge is 0.251 e. The Balaban J connectivity index is 1.18. The van der Waals surface area contributed by atoms with Gasteiger partial charge in [0.05, 0.1) is 11.3 Å². The Bertz CT molecular complexity index is 2040. The third kappa shape index (κ3) is 5.06. The van der Waals surface area contributed by atoms with Crippen molar-refractivity contribution in [3.05, 3.63) is 120 Å². The van der Waals surface area contributed by atoms with E-state index in [1.54, 1.807) is 30.5 Å². The lowest BCUT2D eigenvalue weighted by Crippen LogP contribution is -2.22. The van der Waals surface area contributed by atoms with Gasteiger partial charge in [0.15, 0.2) is 11.5 Å². The van der Waals surface area contributed by atoms with E-state index in [2.05, 4.69) is 30.9 Å². The van der Waals surface area contributed by atoms with Gasteiger partial charge in [-0.2, -0.15) is 5.21 Å². The van der Waals surface area contributed by atoms with Crippen molar-refractivity contribution in [2.45, 2.75) is 6.54 Å². The van der Waals surface area contributed by atoms with Crippen LogP contribution in [-0.2, 0) is 6.54 Å². The molecule has 208 valence electrons. The summed E-state index contributed by atoms with van der Waals surface area (Å²) in [4.78, 5) is 27.0. The van der Waals surface area contributed by atoms with Crippen molar-refractivity contribution in [3.63, 3.8) is 0 Å². The van der Waals surface area contributed by atoms with Crippen LogP contribution in [0, 0.1) is 0 Å². The number of nitrogen functional groups attached to an aromatic ring is 1. The topological polar surface area (TPSA) is 153 Å². The summed E-state index contributed by atoms with van der Waals surface area (Å²) in [6.07, 6.45) is 1.66. The Morgan fingerprint density at radius 1 is 0.837 bits per heavy atom. The molecular weight excluding hydrogens is 540 g/mol. The number of aromatic nitrogens is 8. The molecule has 0 atom stereocenters. The highest BCUT2D eigenvalue weighted by Crippen LogP contribution is 2.31. The van der Waals surface area contributed by atoms with E-state index >= 15 is 0 Å². The summed E-state index contributed by atoms with van der Waals surface area (Å²) in [7, 11) is 0. The molecule has 1 amide bonds. The van der Waals surface area contributed by atoms with Crippen LogP contribution in [0.1, 0.15) is 15.9 Å². The molecule has 4 heterocycles. The number of nitrogens with one attached hydrogen (secondary N) is 2. The number of H-pyrrole nitrogens is 1. The van der Waals surface area contributed by atoms with E-state index in [9.17, 15) is 4.79 Å². The third-order valence-corrected chi connectivity index (χ3v) is 7.05. The normalized spacial score (nSPS) is 11.1. The van der Waals surface area contributed by atoms with Crippen molar-refractivity contribution in [1.29, 1.82) is 0 Å². The predicted molar refractivity (Wildman–Crippen MR) is 163 cm³/mol. The first-order valence-corrected chi connectivity index (χ1v) is 13.5. The van der Waals surface area contributed by atoms with Gasteiger partial charge >= 0.3 is 0 Å². The van der Waals surface area contributed by atoms with Crippen LogP contribution in [0.2, 0.25) is 0 Å². The minimum Gasteiger partial charge on any atom is -0.383 e. The Hall–Kier alpha value is -6.23. The summed E-state index contributed by atoms with van der Waals surface area (Å²) in [5.74, 6) is 1.31. The fourth-order valence-corrected chi connectivity index (χ4v) is 4.86. The largest absolute Gasteiger partial charge is 0.383 e. The van der Waals surface area contributed by atoms with Crippen LogP contribution < -0.4 is 11.1 Å². The fraction of sp³-hybridized carbons (Fsp3) is 0.0312. The number of carbonyl (C=O) groups excluding carboxylic acids is 1. The molecule has 0 fully saturated rings. The van der Waals surface area contributed by atoms with Crippen LogP contribution >= 0.6 is 0 Å². The highest BCUT2D eigenvalue weighted by molar-refractivity contribution is 5.94. The summed E-state index contributed by atoms with van der Waals surface area (Å²) in [5.41, 5.74) is 13.4. The summed E-state index contributed by atoms with van der Waals surface area (Å²) in [6, 6.07) is 32.6. The van der Waals surface area contributed by atoms with Crippen LogP contribution in [0.25, 0.3) is 50.9 Å². The van der Waals surface area contributed by atoms with E-state index in [1.165, 1.54) is 0 Å². The maximum absolute atomic E-state index is 12.8. The minimum atomic E-state index is -0.184. The van der Waals surface area contributed by atoms with Gasteiger partial charge in [-0.3, -0.25) is 9.36 Å². The molecule has 43 heavy (non-hydrogen) atoms. The van der Waals surface area contributed by atoms with Gasteiger partial charge in [0.25, 0.3) is 5.91 Å².